The molecule has 2 atom stereocenters. The summed E-state index contributed by atoms with van der Waals surface area (Å²) >= 11 is 0. The van der Waals surface area contributed by atoms with Crippen molar-refractivity contribution >= 4 is 35.8 Å². The van der Waals surface area contributed by atoms with Crippen LogP contribution in [0.2, 0.25) is 0 Å². The van der Waals surface area contributed by atoms with Crippen molar-refractivity contribution < 1.29 is 18.0 Å². The molecule has 0 spiro atoms. The van der Waals surface area contributed by atoms with E-state index < -0.39 is 12.1 Å². The van der Waals surface area contributed by atoms with Gasteiger partial charge < -0.3 is 15.5 Å². The number of guanidine groups is 1. The first-order chi connectivity index (χ1) is 10.8. The predicted molar refractivity (Wildman–Crippen MR) is 97.5 cm³/mol. The fourth-order valence-corrected chi connectivity index (χ4v) is 2.65. The molecule has 2 aliphatic carbocycles. The second-order valence-electron chi connectivity index (χ2n) is 6.62. The van der Waals surface area contributed by atoms with E-state index in [1.54, 1.807) is 14.1 Å². The number of hydrogen-bond donors (Lipinski definition) is 2. The number of carbonyl (C=O) groups is 1. The Balaban J connectivity index is 0.00000288. The Morgan fingerprint density at radius 1 is 1.12 bits per heavy atom. The normalized spacial score (nSPS) is 24.8. The Hall–Kier alpha value is -0.740. The lowest BCUT2D eigenvalue weighted by atomic mass is 9.85. The molecule has 0 radical (unpaired) electrons. The number of aliphatic imine (C=N–C) groups is 1. The molecule has 0 aromatic rings. The van der Waals surface area contributed by atoms with Crippen LogP contribution in [0.5, 0.6) is 0 Å². The molecular formula is C15H26F3IN4O. The average molecular weight is 462 g/mol. The van der Waals surface area contributed by atoms with Gasteiger partial charge in [0.05, 0.1) is 5.92 Å². The van der Waals surface area contributed by atoms with Gasteiger partial charge >= 0.3 is 6.18 Å². The molecule has 2 fully saturated rings. The third-order valence-electron chi connectivity index (χ3n) is 4.27. The predicted octanol–water partition coefficient (Wildman–Crippen LogP) is 2.51. The molecular weight excluding hydrogens is 436 g/mol. The van der Waals surface area contributed by atoms with Crippen LogP contribution in [0.15, 0.2) is 4.99 Å². The number of nitrogens with one attached hydrogen (secondary N) is 2. The minimum atomic E-state index is -4.14. The molecule has 0 aromatic carbocycles. The Kier molecular flexibility index (Phi) is 8.07. The van der Waals surface area contributed by atoms with Gasteiger partial charge in [-0.25, -0.2) is 4.99 Å². The summed E-state index contributed by atoms with van der Waals surface area (Å²) in [6.45, 7) is -0.00945. The molecule has 1 amide bonds. The molecule has 9 heteroatoms. The fraction of sp³-hybridized carbons (Fsp3) is 0.867. The minimum Gasteiger partial charge on any atom is -0.354 e. The van der Waals surface area contributed by atoms with Gasteiger partial charge in [-0.3, -0.25) is 4.79 Å². The Morgan fingerprint density at radius 2 is 1.75 bits per heavy atom. The first kappa shape index (κ1) is 21.3. The lowest BCUT2D eigenvalue weighted by Gasteiger charge is -2.32. The molecule has 0 heterocycles. The number of likely N-dealkylation sites (N-methyl/N-ethyl adjacent to an activating group) is 1. The molecule has 2 aliphatic rings. The number of nitrogens with zero attached hydrogens (tertiary/aromatic N) is 2. The van der Waals surface area contributed by atoms with Crippen LogP contribution in [0.3, 0.4) is 0 Å². The highest BCUT2D eigenvalue weighted by molar-refractivity contribution is 14.0. The second-order valence-corrected chi connectivity index (χ2v) is 6.62. The van der Waals surface area contributed by atoms with Crippen LogP contribution in [-0.4, -0.2) is 55.7 Å². The summed E-state index contributed by atoms with van der Waals surface area (Å²) in [5.41, 5.74) is 0. The molecule has 140 valence electrons. The smallest absolute Gasteiger partial charge is 0.354 e. The van der Waals surface area contributed by atoms with E-state index in [1.165, 1.54) is 4.90 Å². The van der Waals surface area contributed by atoms with Crippen molar-refractivity contribution in [2.75, 3.05) is 20.6 Å². The maximum atomic E-state index is 12.9. The second kappa shape index (κ2) is 9.10. The SMILES string of the molecule is CN(C)C(=O)CN=C(NC1CC1)NC1CCCC(C(F)(F)F)C1.I. The largest absolute Gasteiger partial charge is 0.391 e. The summed E-state index contributed by atoms with van der Waals surface area (Å²) in [6, 6.07) is 0.0625. The maximum absolute atomic E-state index is 12.9. The van der Waals surface area contributed by atoms with E-state index in [9.17, 15) is 18.0 Å². The van der Waals surface area contributed by atoms with Gasteiger partial charge in [-0.1, -0.05) is 6.42 Å². The Morgan fingerprint density at radius 3 is 2.29 bits per heavy atom. The van der Waals surface area contributed by atoms with Crippen molar-refractivity contribution in [2.45, 2.75) is 56.8 Å². The summed E-state index contributed by atoms with van der Waals surface area (Å²) in [5.74, 6) is -0.937. The van der Waals surface area contributed by atoms with Gasteiger partial charge in [0.25, 0.3) is 0 Å². The van der Waals surface area contributed by atoms with Crippen LogP contribution >= 0.6 is 24.0 Å². The van der Waals surface area contributed by atoms with E-state index in [0.717, 1.165) is 12.8 Å². The molecule has 24 heavy (non-hydrogen) atoms. The first-order valence-electron chi connectivity index (χ1n) is 8.10. The van der Waals surface area contributed by atoms with E-state index in [4.69, 9.17) is 0 Å². The van der Waals surface area contributed by atoms with Gasteiger partial charge in [0, 0.05) is 26.2 Å². The van der Waals surface area contributed by atoms with Gasteiger partial charge in [0.1, 0.15) is 6.54 Å². The highest BCUT2D eigenvalue weighted by Gasteiger charge is 2.42. The van der Waals surface area contributed by atoms with Crippen LogP contribution in [0.1, 0.15) is 38.5 Å². The third kappa shape index (κ3) is 7.02. The van der Waals surface area contributed by atoms with Gasteiger partial charge in [0.2, 0.25) is 5.91 Å². The van der Waals surface area contributed by atoms with E-state index in [0.29, 0.717) is 24.8 Å². The number of hydrogen-bond acceptors (Lipinski definition) is 2. The first-order valence-corrected chi connectivity index (χ1v) is 8.10. The Labute approximate surface area is 157 Å². The molecule has 2 rings (SSSR count). The van der Waals surface area contributed by atoms with Crippen molar-refractivity contribution in [3.05, 3.63) is 0 Å². The van der Waals surface area contributed by atoms with E-state index in [2.05, 4.69) is 15.6 Å². The Bertz CT molecular complexity index is 452. The van der Waals surface area contributed by atoms with Crippen LogP contribution < -0.4 is 10.6 Å². The van der Waals surface area contributed by atoms with Gasteiger partial charge in [-0.05, 0) is 32.1 Å². The zero-order chi connectivity index (χ0) is 17.0. The van der Waals surface area contributed by atoms with Crippen molar-refractivity contribution in [3.8, 4) is 0 Å². The molecule has 0 bridgehead atoms. The molecule has 2 saturated carbocycles. The van der Waals surface area contributed by atoms with E-state index >= 15 is 0 Å². The molecule has 0 saturated heterocycles. The quantitative estimate of drug-likeness (QED) is 0.384. The molecule has 2 N–H and O–H groups in total. The number of alkyl halides is 3. The summed E-state index contributed by atoms with van der Waals surface area (Å²) in [5, 5.41) is 6.26. The van der Waals surface area contributed by atoms with Crippen LogP contribution in [0.4, 0.5) is 13.2 Å². The summed E-state index contributed by atoms with van der Waals surface area (Å²) in [4.78, 5) is 17.3. The van der Waals surface area contributed by atoms with Gasteiger partial charge in [0.15, 0.2) is 5.96 Å². The highest BCUT2D eigenvalue weighted by Crippen LogP contribution is 2.37. The molecule has 0 aliphatic heterocycles. The highest BCUT2D eigenvalue weighted by atomic mass is 127. The average Bonchev–Trinajstić information content (AvgIpc) is 3.27. The lowest BCUT2D eigenvalue weighted by Crippen LogP contribution is -2.47. The van der Waals surface area contributed by atoms with Crippen molar-refractivity contribution in [2.24, 2.45) is 10.9 Å². The molecule has 5 nitrogen and oxygen atoms in total. The van der Waals surface area contributed by atoms with E-state index in [-0.39, 0.29) is 55.3 Å². The summed E-state index contributed by atoms with van der Waals surface area (Å²) in [6.07, 6.45) is -0.576. The maximum Gasteiger partial charge on any atom is 0.391 e. The van der Waals surface area contributed by atoms with Gasteiger partial charge in [-0.2, -0.15) is 13.2 Å². The van der Waals surface area contributed by atoms with Crippen molar-refractivity contribution in [1.29, 1.82) is 0 Å². The minimum absolute atomic E-state index is 0. The zero-order valence-electron chi connectivity index (χ0n) is 14.0. The molecule has 2 unspecified atom stereocenters. The van der Waals surface area contributed by atoms with Crippen LogP contribution in [0, 0.1) is 5.92 Å². The van der Waals surface area contributed by atoms with Gasteiger partial charge in [-0.15, -0.1) is 24.0 Å². The third-order valence-corrected chi connectivity index (χ3v) is 4.27. The standard InChI is InChI=1S/C15H25F3N4O.HI/c1-22(2)13(23)9-19-14(20-11-6-7-11)21-12-5-3-4-10(8-12)15(16,17)18;/h10-12H,3-9H2,1-2H3,(H2,19,20,21);1H. The monoisotopic (exact) mass is 462 g/mol. The summed E-state index contributed by atoms with van der Waals surface area (Å²) < 4.78 is 38.7. The van der Waals surface area contributed by atoms with Crippen LogP contribution in [0.25, 0.3) is 0 Å². The number of amides is 1. The molecule has 0 aromatic heterocycles. The number of rotatable bonds is 4. The number of carbonyl (C=O) groups excluding carboxylic acids is 1. The number of halogens is 4. The topological polar surface area (TPSA) is 56.7 Å². The fourth-order valence-electron chi connectivity index (χ4n) is 2.65. The van der Waals surface area contributed by atoms with Crippen LogP contribution in [-0.2, 0) is 4.79 Å². The zero-order valence-corrected chi connectivity index (χ0v) is 16.4. The summed E-state index contributed by atoms with van der Waals surface area (Å²) in [7, 11) is 3.29. The van der Waals surface area contributed by atoms with Crippen molar-refractivity contribution in [3.63, 3.8) is 0 Å². The van der Waals surface area contributed by atoms with Crippen molar-refractivity contribution in [1.82, 2.24) is 15.5 Å². The lowest BCUT2D eigenvalue weighted by molar-refractivity contribution is -0.183. The van der Waals surface area contributed by atoms with E-state index in [1.807, 2.05) is 0 Å².